The van der Waals surface area contributed by atoms with Gasteiger partial charge in [-0.15, -0.1) is 5.10 Å². The van der Waals surface area contributed by atoms with Gasteiger partial charge in [0.25, 0.3) is 0 Å². The van der Waals surface area contributed by atoms with Crippen molar-refractivity contribution in [2.75, 3.05) is 13.1 Å². The van der Waals surface area contributed by atoms with Crippen LogP contribution in [0.15, 0.2) is 60.9 Å². The Labute approximate surface area is 168 Å². The van der Waals surface area contributed by atoms with Crippen molar-refractivity contribution in [1.29, 1.82) is 0 Å². The Morgan fingerprint density at radius 2 is 1.97 bits per heavy atom. The molecule has 2 aromatic heterocycles. The standard InChI is InChI=1S/C23H22FN5/c1-2-28-15-22(26-27-28)17-3-8-23-20(13-17)21(16-9-11-25-12-10-16)14-29(23)19-6-4-18(24)5-7-19/h3-9,13-15,25H,2,10-12H2,1H3. The number of hydrogen-bond acceptors (Lipinski definition) is 3. The summed E-state index contributed by atoms with van der Waals surface area (Å²) >= 11 is 0. The van der Waals surface area contributed by atoms with Crippen molar-refractivity contribution in [3.8, 4) is 16.9 Å². The molecule has 146 valence electrons. The molecule has 5 nitrogen and oxygen atoms in total. The number of hydrogen-bond donors (Lipinski definition) is 1. The van der Waals surface area contributed by atoms with Crippen LogP contribution in [-0.4, -0.2) is 32.7 Å². The third kappa shape index (κ3) is 3.25. The van der Waals surface area contributed by atoms with Crippen LogP contribution in [0.4, 0.5) is 4.39 Å². The lowest BCUT2D eigenvalue weighted by Gasteiger charge is -2.13. The third-order valence-corrected chi connectivity index (χ3v) is 5.48. The van der Waals surface area contributed by atoms with Gasteiger partial charge in [-0.3, -0.25) is 4.68 Å². The van der Waals surface area contributed by atoms with Crippen molar-refractivity contribution < 1.29 is 4.39 Å². The fourth-order valence-electron chi connectivity index (χ4n) is 3.91. The van der Waals surface area contributed by atoms with E-state index in [1.54, 1.807) is 0 Å². The first-order valence-corrected chi connectivity index (χ1v) is 9.94. The van der Waals surface area contributed by atoms with Crippen LogP contribution in [0.3, 0.4) is 0 Å². The number of aromatic nitrogens is 4. The summed E-state index contributed by atoms with van der Waals surface area (Å²) in [6.45, 7) is 4.69. The fourth-order valence-corrected chi connectivity index (χ4v) is 3.91. The van der Waals surface area contributed by atoms with E-state index in [9.17, 15) is 4.39 Å². The van der Waals surface area contributed by atoms with Crippen molar-refractivity contribution in [2.45, 2.75) is 19.9 Å². The highest BCUT2D eigenvalue weighted by Gasteiger charge is 2.16. The second-order valence-corrected chi connectivity index (χ2v) is 7.26. The summed E-state index contributed by atoms with van der Waals surface area (Å²) in [5, 5.41) is 13.0. The quantitative estimate of drug-likeness (QED) is 0.564. The molecule has 2 aromatic carbocycles. The minimum atomic E-state index is -0.229. The van der Waals surface area contributed by atoms with Gasteiger partial charge in [0.2, 0.25) is 0 Å². The number of halogens is 1. The molecule has 6 heteroatoms. The van der Waals surface area contributed by atoms with Gasteiger partial charge < -0.3 is 9.88 Å². The van der Waals surface area contributed by atoms with Crippen molar-refractivity contribution in [3.05, 3.63) is 72.3 Å². The molecule has 0 bridgehead atoms. The second-order valence-electron chi connectivity index (χ2n) is 7.26. The van der Waals surface area contributed by atoms with E-state index >= 15 is 0 Å². The minimum absolute atomic E-state index is 0.229. The maximum absolute atomic E-state index is 13.4. The van der Waals surface area contributed by atoms with E-state index in [4.69, 9.17) is 0 Å². The Morgan fingerprint density at radius 3 is 2.69 bits per heavy atom. The number of benzene rings is 2. The van der Waals surface area contributed by atoms with Crippen molar-refractivity contribution in [2.24, 2.45) is 0 Å². The SMILES string of the molecule is CCn1cc(-c2ccc3c(c2)c(C2=CCNCC2)cn3-c2ccc(F)cc2)nn1. The second kappa shape index (κ2) is 7.29. The molecular weight excluding hydrogens is 365 g/mol. The Kier molecular flexibility index (Phi) is 4.48. The molecule has 0 unspecified atom stereocenters. The molecule has 4 aromatic rings. The van der Waals surface area contributed by atoms with Crippen LogP contribution in [0.5, 0.6) is 0 Å². The predicted molar refractivity (Wildman–Crippen MR) is 113 cm³/mol. The summed E-state index contributed by atoms with van der Waals surface area (Å²) < 4.78 is 17.4. The smallest absolute Gasteiger partial charge is 0.123 e. The highest BCUT2D eigenvalue weighted by Crippen LogP contribution is 2.34. The molecule has 1 aliphatic heterocycles. The zero-order valence-electron chi connectivity index (χ0n) is 16.3. The van der Waals surface area contributed by atoms with Gasteiger partial charge >= 0.3 is 0 Å². The molecule has 0 aliphatic carbocycles. The van der Waals surface area contributed by atoms with Gasteiger partial charge in [0, 0.05) is 41.5 Å². The summed E-state index contributed by atoms with van der Waals surface area (Å²) in [7, 11) is 0. The van der Waals surface area contributed by atoms with Gasteiger partial charge in [-0.05, 0) is 61.9 Å². The lowest BCUT2D eigenvalue weighted by Crippen LogP contribution is -2.19. The number of nitrogens with one attached hydrogen (secondary N) is 1. The Bertz CT molecular complexity index is 1200. The third-order valence-electron chi connectivity index (χ3n) is 5.48. The van der Waals surface area contributed by atoms with Crippen LogP contribution >= 0.6 is 0 Å². The molecule has 0 radical (unpaired) electrons. The maximum Gasteiger partial charge on any atom is 0.123 e. The number of rotatable bonds is 4. The van der Waals surface area contributed by atoms with E-state index in [0.717, 1.165) is 48.5 Å². The molecule has 29 heavy (non-hydrogen) atoms. The summed E-state index contributed by atoms with van der Waals surface area (Å²) in [5.74, 6) is -0.229. The van der Waals surface area contributed by atoms with Crippen molar-refractivity contribution >= 4 is 16.5 Å². The maximum atomic E-state index is 13.4. The van der Waals surface area contributed by atoms with Crippen LogP contribution in [0.1, 0.15) is 18.9 Å². The van der Waals surface area contributed by atoms with Crippen molar-refractivity contribution in [3.63, 3.8) is 0 Å². The summed E-state index contributed by atoms with van der Waals surface area (Å²) in [6.07, 6.45) is 7.38. The highest BCUT2D eigenvalue weighted by molar-refractivity contribution is 5.96. The number of nitrogens with zero attached hydrogens (tertiary/aromatic N) is 4. The van der Waals surface area contributed by atoms with E-state index < -0.39 is 0 Å². The Morgan fingerprint density at radius 1 is 1.10 bits per heavy atom. The van der Waals surface area contributed by atoms with E-state index in [0.29, 0.717) is 0 Å². The first-order valence-electron chi connectivity index (χ1n) is 9.94. The average Bonchev–Trinajstić information content (AvgIpc) is 3.39. The van der Waals surface area contributed by atoms with Gasteiger partial charge in [0.05, 0.1) is 11.7 Å². The first kappa shape index (κ1) is 17.8. The van der Waals surface area contributed by atoms with Crippen LogP contribution in [-0.2, 0) is 6.54 Å². The predicted octanol–water partition coefficient (Wildman–Crippen LogP) is 4.42. The molecular formula is C23H22FN5. The largest absolute Gasteiger partial charge is 0.316 e. The summed E-state index contributed by atoms with van der Waals surface area (Å²) in [4.78, 5) is 0. The van der Waals surface area contributed by atoms with E-state index in [2.05, 4.69) is 50.7 Å². The normalized spacial score (nSPS) is 14.3. The molecule has 0 atom stereocenters. The average molecular weight is 387 g/mol. The molecule has 5 rings (SSSR count). The molecule has 0 saturated heterocycles. The summed E-state index contributed by atoms with van der Waals surface area (Å²) in [6, 6.07) is 13.0. The fraction of sp³-hybridized carbons (Fsp3) is 0.217. The lowest BCUT2D eigenvalue weighted by atomic mass is 9.98. The van der Waals surface area contributed by atoms with Gasteiger partial charge in [-0.2, -0.15) is 0 Å². The minimum Gasteiger partial charge on any atom is -0.316 e. The van der Waals surface area contributed by atoms with E-state index in [1.807, 2.05) is 29.9 Å². The summed E-state index contributed by atoms with van der Waals surface area (Å²) in [5.41, 5.74) is 6.51. The van der Waals surface area contributed by atoms with E-state index in [-0.39, 0.29) is 5.82 Å². The number of aryl methyl sites for hydroxylation is 1. The zero-order valence-corrected chi connectivity index (χ0v) is 16.3. The van der Waals surface area contributed by atoms with Gasteiger partial charge in [0.1, 0.15) is 11.5 Å². The monoisotopic (exact) mass is 387 g/mol. The van der Waals surface area contributed by atoms with Crippen LogP contribution < -0.4 is 5.32 Å². The molecule has 1 aliphatic rings. The Hall–Kier alpha value is -3.25. The van der Waals surface area contributed by atoms with Crippen LogP contribution in [0.25, 0.3) is 33.4 Å². The van der Waals surface area contributed by atoms with Gasteiger partial charge in [0.15, 0.2) is 0 Å². The van der Waals surface area contributed by atoms with Crippen LogP contribution in [0.2, 0.25) is 0 Å². The van der Waals surface area contributed by atoms with Gasteiger partial charge in [-0.25, -0.2) is 4.39 Å². The highest BCUT2D eigenvalue weighted by atomic mass is 19.1. The van der Waals surface area contributed by atoms with E-state index in [1.165, 1.54) is 28.7 Å². The molecule has 0 saturated carbocycles. The lowest BCUT2D eigenvalue weighted by molar-refractivity contribution is 0.627. The van der Waals surface area contributed by atoms with Crippen molar-refractivity contribution in [1.82, 2.24) is 24.9 Å². The van der Waals surface area contributed by atoms with Crippen LogP contribution in [0, 0.1) is 5.82 Å². The van der Waals surface area contributed by atoms with Gasteiger partial charge in [-0.1, -0.05) is 17.4 Å². The molecule has 0 spiro atoms. The topological polar surface area (TPSA) is 47.7 Å². The number of fused-ring (bicyclic) bond motifs is 1. The first-order chi connectivity index (χ1) is 14.2. The molecule has 0 amide bonds. The zero-order chi connectivity index (χ0) is 19.8. The molecule has 0 fully saturated rings. The Balaban J connectivity index is 1.70. The molecule has 3 heterocycles. The molecule has 1 N–H and O–H groups in total.